The lowest BCUT2D eigenvalue weighted by molar-refractivity contribution is -0.141. The van der Waals surface area contributed by atoms with Gasteiger partial charge in [-0.15, -0.1) is 0 Å². The van der Waals surface area contributed by atoms with Crippen LogP contribution >= 0.6 is 0 Å². The number of Topliss-reactive ketones (excluding diaryl/α,β-unsaturated/α-hetero) is 1. The number of rotatable bonds is 10. The highest BCUT2D eigenvalue weighted by atomic mass is 16.7. The highest BCUT2D eigenvalue weighted by Crippen LogP contribution is 2.54. The number of carboxylic acids is 1. The maximum absolute atomic E-state index is 13.5. The monoisotopic (exact) mass is 529 g/mol. The minimum atomic E-state index is -0.864. The number of hydrogen-bond acceptors (Lipinski definition) is 6. The van der Waals surface area contributed by atoms with E-state index in [4.69, 9.17) is 19.2 Å². The Morgan fingerprint density at radius 3 is 2.54 bits per heavy atom. The zero-order valence-electron chi connectivity index (χ0n) is 22.9. The molecule has 4 atom stereocenters. The van der Waals surface area contributed by atoms with Crippen LogP contribution in [0.1, 0.15) is 79.1 Å². The van der Waals surface area contributed by atoms with E-state index in [-0.39, 0.29) is 24.4 Å². The Morgan fingerprint density at radius 1 is 1.05 bits per heavy atom. The third-order valence-electron chi connectivity index (χ3n) is 8.01. The molecule has 1 aliphatic heterocycles. The third kappa shape index (κ3) is 5.10. The quantitative estimate of drug-likeness (QED) is 0.349. The molecule has 0 spiro atoms. The van der Waals surface area contributed by atoms with Crippen LogP contribution in [-0.2, 0) is 22.4 Å². The number of fused-ring (bicyclic) bond motifs is 2. The lowest BCUT2D eigenvalue weighted by atomic mass is 9.76. The number of carboxylic acid groups (broad SMARTS) is 1. The molecule has 0 amide bonds. The van der Waals surface area contributed by atoms with E-state index in [9.17, 15) is 14.7 Å². The number of unbranched alkanes of at least 4 members (excludes halogenated alkanes) is 1. The first-order chi connectivity index (χ1) is 18.8. The number of benzene rings is 2. The molecule has 0 saturated carbocycles. The van der Waals surface area contributed by atoms with Crippen LogP contribution in [-0.4, -0.2) is 35.7 Å². The van der Waals surface area contributed by atoms with Crippen LogP contribution in [0.3, 0.4) is 0 Å². The van der Waals surface area contributed by atoms with Crippen LogP contribution in [0.5, 0.6) is 17.2 Å². The number of nitrogens with zero attached hydrogens (tertiary/aromatic N) is 1. The van der Waals surface area contributed by atoms with Crippen molar-refractivity contribution in [1.29, 1.82) is 0 Å². The molecule has 3 aromatic rings. The average molecular weight is 530 g/mol. The van der Waals surface area contributed by atoms with Crippen LogP contribution in [0.2, 0.25) is 0 Å². The molecule has 0 saturated heterocycles. The van der Waals surface area contributed by atoms with Gasteiger partial charge in [0.1, 0.15) is 11.5 Å². The van der Waals surface area contributed by atoms with Crippen molar-refractivity contribution < 1.29 is 28.9 Å². The predicted octanol–water partition coefficient (Wildman–Crippen LogP) is 5.91. The van der Waals surface area contributed by atoms with Crippen molar-refractivity contribution in [1.82, 2.24) is 4.98 Å². The van der Waals surface area contributed by atoms with Gasteiger partial charge in [0.05, 0.1) is 18.7 Å². The van der Waals surface area contributed by atoms with E-state index in [0.29, 0.717) is 23.7 Å². The van der Waals surface area contributed by atoms with Gasteiger partial charge in [-0.1, -0.05) is 38.5 Å². The molecule has 0 bridgehead atoms. The summed E-state index contributed by atoms with van der Waals surface area (Å²) in [5.74, 6) is -0.342. The van der Waals surface area contributed by atoms with Crippen molar-refractivity contribution in [3.8, 4) is 17.2 Å². The van der Waals surface area contributed by atoms with E-state index in [0.717, 1.165) is 52.9 Å². The number of aryl methyl sites for hydroxylation is 1. The fraction of sp³-hybridized carbons (Fsp3) is 0.406. The number of carbonyl (C=O) groups excluding carboxylic acids is 1. The molecular weight excluding hydrogens is 494 g/mol. The van der Waals surface area contributed by atoms with Crippen LogP contribution in [0.4, 0.5) is 0 Å². The SMILES string of the molecule is CCCCc1ccc2c(n1)[C@@H](c1ccc(OC)cc1C[C@H](C)C(=O)O)[C@H](C(C)=O)[C@H]2c1ccc2c(c1)OCO2. The zero-order chi connectivity index (χ0) is 27.7. The predicted molar refractivity (Wildman–Crippen MR) is 147 cm³/mol. The van der Waals surface area contributed by atoms with Crippen molar-refractivity contribution in [2.75, 3.05) is 13.9 Å². The van der Waals surface area contributed by atoms with Crippen molar-refractivity contribution in [3.63, 3.8) is 0 Å². The Labute approximate surface area is 229 Å². The van der Waals surface area contributed by atoms with E-state index in [1.165, 1.54) is 0 Å². The maximum atomic E-state index is 13.5. The summed E-state index contributed by atoms with van der Waals surface area (Å²) in [6.07, 6.45) is 3.28. The van der Waals surface area contributed by atoms with Gasteiger partial charge < -0.3 is 19.3 Å². The number of pyridine rings is 1. The molecule has 1 N–H and O–H groups in total. The van der Waals surface area contributed by atoms with Crippen LogP contribution in [0.15, 0.2) is 48.5 Å². The van der Waals surface area contributed by atoms with Crippen molar-refractivity contribution in [2.45, 2.75) is 58.3 Å². The van der Waals surface area contributed by atoms with Gasteiger partial charge in [0.25, 0.3) is 0 Å². The Balaban J connectivity index is 1.70. The highest BCUT2D eigenvalue weighted by molar-refractivity contribution is 5.84. The number of carbonyl (C=O) groups is 2. The van der Waals surface area contributed by atoms with Crippen molar-refractivity contribution in [3.05, 3.63) is 82.2 Å². The van der Waals surface area contributed by atoms with E-state index >= 15 is 0 Å². The number of aromatic nitrogens is 1. The van der Waals surface area contributed by atoms with Gasteiger partial charge in [-0.25, -0.2) is 0 Å². The van der Waals surface area contributed by atoms with Gasteiger partial charge in [0.15, 0.2) is 11.5 Å². The molecule has 1 aromatic heterocycles. The summed E-state index contributed by atoms with van der Waals surface area (Å²) in [4.78, 5) is 30.5. The molecule has 204 valence electrons. The number of methoxy groups -OCH3 is 1. The average Bonchev–Trinajstić information content (AvgIpc) is 3.53. The molecule has 2 aliphatic rings. The Morgan fingerprint density at radius 2 is 1.82 bits per heavy atom. The number of hydrogen-bond donors (Lipinski definition) is 1. The summed E-state index contributed by atoms with van der Waals surface area (Å²) in [5.41, 5.74) is 5.67. The minimum absolute atomic E-state index is 0.0591. The van der Waals surface area contributed by atoms with Gasteiger partial charge in [0.2, 0.25) is 6.79 Å². The second-order valence-electron chi connectivity index (χ2n) is 10.6. The summed E-state index contributed by atoms with van der Waals surface area (Å²) in [6, 6.07) is 15.9. The van der Waals surface area contributed by atoms with Gasteiger partial charge in [-0.05, 0) is 78.8 Å². The summed E-state index contributed by atoms with van der Waals surface area (Å²) in [5, 5.41) is 9.69. The molecule has 0 unspecified atom stereocenters. The second kappa shape index (κ2) is 11.1. The van der Waals surface area contributed by atoms with Crippen LogP contribution in [0, 0.1) is 11.8 Å². The first kappa shape index (κ1) is 26.7. The molecule has 5 rings (SSSR count). The molecule has 0 fully saturated rings. The summed E-state index contributed by atoms with van der Waals surface area (Å²) in [7, 11) is 1.60. The van der Waals surface area contributed by atoms with E-state index < -0.39 is 17.8 Å². The third-order valence-corrected chi connectivity index (χ3v) is 8.01. The smallest absolute Gasteiger partial charge is 0.306 e. The Kier molecular flexibility index (Phi) is 7.60. The van der Waals surface area contributed by atoms with Crippen molar-refractivity contribution >= 4 is 11.8 Å². The first-order valence-corrected chi connectivity index (χ1v) is 13.6. The second-order valence-corrected chi connectivity index (χ2v) is 10.6. The van der Waals surface area contributed by atoms with Crippen LogP contribution < -0.4 is 14.2 Å². The van der Waals surface area contributed by atoms with E-state index in [1.807, 2.05) is 36.4 Å². The number of ether oxygens (including phenoxy) is 3. The first-order valence-electron chi connectivity index (χ1n) is 13.6. The fourth-order valence-electron chi connectivity index (χ4n) is 6.00. The Bertz CT molecular complexity index is 1400. The van der Waals surface area contributed by atoms with Gasteiger partial charge in [0, 0.05) is 23.4 Å². The number of aliphatic carboxylic acids is 1. The zero-order valence-corrected chi connectivity index (χ0v) is 22.9. The van der Waals surface area contributed by atoms with Gasteiger partial charge in [-0.3, -0.25) is 14.6 Å². The summed E-state index contributed by atoms with van der Waals surface area (Å²) >= 11 is 0. The van der Waals surface area contributed by atoms with Gasteiger partial charge >= 0.3 is 5.97 Å². The van der Waals surface area contributed by atoms with Crippen molar-refractivity contribution in [2.24, 2.45) is 11.8 Å². The Hall–Kier alpha value is -3.87. The number of ketones is 1. The molecule has 7 heteroatoms. The molecule has 0 radical (unpaired) electrons. The topological polar surface area (TPSA) is 95.0 Å². The molecule has 39 heavy (non-hydrogen) atoms. The van der Waals surface area contributed by atoms with Gasteiger partial charge in [-0.2, -0.15) is 0 Å². The van der Waals surface area contributed by atoms with Crippen LogP contribution in [0.25, 0.3) is 0 Å². The summed E-state index contributed by atoms with van der Waals surface area (Å²) in [6.45, 7) is 5.68. The normalized spacial score (nSPS) is 19.9. The standard InChI is InChI=1S/C32H35NO6/c1-5-6-7-22-9-11-25-29(20-8-13-26-27(16-20)39-17-38-26)28(19(3)34)30(31(25)33-22)24-12-10-23(37-4)15-21(24)14-18(2)32(35)36/h8-13,15-16,18,28-30H,5-7,14,17H2,1-4H3,(H,35,36)/t18-,28+,29-,30-/m0/s1. The maximum Gasteiger partial charge on any atom is 0.306 e. The molecule has 2 aromatic carbocycles. The lowest BCUT2D eigenvalue weighted by Crippen LogP contribution is -2.24. The molecule has 7 nitrogen and oxygen atoms in total. The highest BCUT2D eigenvalue weighted by Gasteiger charge is 2.47. The molecule has 2 heterocycles. The fourth-order valence-corrected chi connectivity index (χ4v) is 6.00. The molecular formula is C32H35NO6. The van der Waals surface area contributed by atoms with E-state index in [2.05, 4.69) is 19.1 Å². The lowest BCUT2D eigenvalue weighted by Gasteiger charge is -2.26. The minimum Gasteiger partial charge on any atom is -0.497 e. The largest absolute Gasteiger partial charge is 0.497 e. The van der Waals surface area contributed by atoms with E-state index in [1.54, 1.807) is 21.0 Å². The summed E-state index contributed by atoms with van der Waals surface area (Å²) < 4.78 is 16.7. The molecule has 1 aliphatic carbocycles.